The Morgan fingerprint density at radius 3 is 2.33 bits per heavy atom. The molecule has 0 aliphatic heterocycles. The van der Waals surface area contributed by atoms with Crippen LogP contribution in [-0.4, -0.2) is 36.1 Å². The van der Waals surface area contributed by atoms with Crippen molar-refractivity contribution in [3.63, 3.8) is 0 Å². The molecule has 7 heteroatoms. The van der Waals surface area contributed by atoms with Gasteiger partial charge in [-0.15, -0.1) is 0 Å². The van der Waals surface area contributed by atoms with Crippen LogP contribution >= 0.6 is 0 Å². The van der Waals surface area contributed by atoms with Crippen LogP contribution in [0.15, 0.2) is 54.7 Å². The van der Waals surface area contributed by atoms with Crippen LogP contribution in [0.3, 0.4) is 0 Å². The molecule has 2 N–H and O–H groups in total. The summed E-state index contributed by atoms with van der Waals surface area (Å²) >= 11 is 0. The van der Waals surface area contributed by atoms with Crippen LogP contribution in [0.4, 0.5) is 0 Å². The molecule has 0 aliphatic carbocycles. The van der Waals surface area contributed by atoms with Gasteiger partial charge < -0.3 is 19.8 Å². The van der Waals surface area contributed by atoms with E-state index in [1.165, 1.54) is 7.11 Å². The second-order valence-corrected chi connectivity index (χ2v) is 6.78. The minimum absolute atomic E-state index is 0.0850. The highest BCUT2D eigenvalue weighted by Gasteiger charge is 2.08. The topological polar surface area (TPSA) is 93.3 Å². The zero-order valence-electron chi connectivity index (χ0n) is 17.1. The van der Waals surface area contributed by atoms with Crippen molar-refractivity contribution in [2.75, 3.05) is 14.2 Å². The summed E-state index contributed by atoms with van der Waals surface area (Å²) < 4.78 is 9.75. The molecule has 3 aromatic rings. The first kappa shape index (κ1) is 21.1. The number of hydrogen-bond donors (Lipinski definition) is 2. The number of H-pyrrole nitrogens is 1. The largest absolute Gasteiger partial charge is 0.497 e. The summed E-state index contributed by atoms with van der Waals surface area (Å²) in [6, 6.07) is 15.6. The highest BCUT2D eigenvalue weighted by molar-refractivity contribution is 5.77. The van der Waals surface area contributed by atoms with E-state index in [1.54, 1.807) is 13.3 Å². The van der Waals surface area contributed by atoms with Crippen LogP contribution in [0.25, 0.3) is 22.6 Å². The van der Waals surface area contributed by atoms with Gasteiger partial charge in [0, 0.05) is 24.9 Å². The van der Waals surface area contributed by atoms with E-state index in [0.717, 1.165) is 34.0 Å². The van der Waals surface area contributed by atoms with E-state index in [0.29, 0.717) is 19.4 Å². The Balaban J connectivity index is 1.53. The van der Waals surface area contributed by atoms with Crippen LogP contribution in [-0.2, 0) is 20.9 Å². The van der Waals surface area contributed by atoms with Crippen molar-refractivity contribution < 1.29 is 19.1 Å². The van der Waals surface area contributed by atoms with Crippen LogP contribution in [0.1, 0.15) is 24.8 Å². The highest BCUT2D eigenvalue weighted by Crippen LogP contribution is 2.24. The van der Waals surface area contributed by atoms with Gasteiger partial charge in [0.15, 0.2) is 0 Å². The number of aromatic amines is 1. The SMILES string of the molecule is COC(=O)CCCC(=O)NCc1ccc(-c2ncc(-c3ccc(OC)cc3)[nH]2)cc1. The fourth-order valence-electron chi connectivity index (χ4n) is 2.95. The molecule has 0 atom stereocenters. The third-order valence-electron chi connectivity index (χ3n) is 4.71. The molecule has 1 aromatic heterocycles. The van der Waals surface area contributed by atoms with Crippen LogP contribution in [0.2, 0.25) is 0 Å². The summed E-state index contributed by atoms with van der Waals surface area (Å²) in [6.07, 6.45) is 2.83. The smallest absolute Gasteiger partial charge is 0.305 e. The predicted molar refractivity (Wildman–Crippen MR) is 114 cm³/mol. The average Bonchev–Trinajstić information content (AvgIpc) is 3.28. The standard InChI is InChI=1S/C23H25N3O4/c1-29-19-12-10-17(11-13-19)20-15-25-23(26-20)18-8-6-16(7-9-18)14-24-21(27)4-3-5-22(28)30-2/h6-13,15H,3-5,14H2,1-2H3,(H,24,27)(H,25,26). The fourth-order valence-corrected chi connectivity index (χ4v) is 2.95. The van der Waals surface area contributed by atoms with Gasteiger partial charge >= 0.3 is 5.97 Å². The lowest BCUT2D eigenvalue weighted by molar-refractivity contribution is -0.140. The second-order valence-electron chi connectivity index (χ2n) is 6.78. The molecule has 2 aromatic carbocycles. The molecule has 156 valence electrons. The number of methoxy groups -OCH3 is 2. The number of nitrogens with one attached hydrogen (secondary N) is 2. The molecule has 1 amide bonds. The van der Waals surface area contributed by atoms with E-state index in [4.69, 9.17) is 4.74 Å². The van der Waals surface area contributed by atoms with Crippen LogP contribution in [0, 0.1) is 0 Å². The lowest BCUT2D eigenvalue weighted by Gasteiger charge is -2.06. The first-order valence-electron chi connectivity index (χ1n) is 9.71. The van der Waals surface area contributed by atoms with Crippen LogP contribution < -0.4 is 10.1 Å². The number of amides is 1. The Bertz CT molecular complexity index is 978. The zero-order chi connectivity index (χ0) is 21.3. The molecule has 30 heavy (non-hydrogen) atoms. The van der Waals surface area contributed by atoms with Gasteiger partial charge in [0.25, 0.3) is 0 Å². The molecule has 1 heterocycles. The second kappa shape index (κ2) is 10.2. The number of aromatic nitrogens is 2. The molecule has 0 radical (unpaired) electrons. The van der Waals surface area contributed by atoms with Gasteiger partial charge in [-0.3, -0.25) is 9.59 Å². The first-order valence-corrected chi connectivity index (χ1v) is 9.71. The van der Waals surface area contributed by atoms with Crippen molar-refractivity contribution in [2.24, 2.45) is 0 Å². The van der Waals surface area contributed by atoms with Crippen molar-refractivity contribution in [1.29, 1.82) is 0 Å². The highest BCUT2D eigenvalue weighted by atomic mass is 16.5. The summed E-state index contributed by atoms with van der Waals surface area (Å²) in [5, 5.41) is 2.86. The summed E-state index contributed by atoms with van der Waals surface area (Å²) in [5.74, 6) is 1.20. The van der Waals surface area contributed by atoms with Gasteiger partial charge in [-0.05, 0) is 41.8 Å². The normalized spacial score (nSPS) is 10.5. The molecule has 7 nitrogen and oxygen atoms in total. The van der Waals surface area contributed by atoms with E-state index in [-0.39, 0.29) is 18.3 Å². The van der Waals surface area contributed by atoms with Gasteiger partial charge in [-0.2, -0.15) is 0 Å². The van der Waals surface area contributed by atoms with E-state index < -0.39 is 0 Å². The van der Waals surface area contributed by atoms with Gasteiger partial charge in [-0.1, -0.05) is 24.3 Å². The molecule has 0 unspecified atom stereocenters. The summed E-state index contributed by atoms with van der Waals surface area (Å²) in [4.78, 5) is 30.7. The maximum absolute atomic E-state index is 11.9. The number of ether oxygens (including phenoxy) is 2. The molecule has 0 spiro atoms. The number of rotatable bonds is 9. The Kier molecular flexibility index (Phi) is 7.21. The molecule has 0 saturated carbocycles. The van der Waals surface area contributed by atoms with E-state index in [1.807, 2.05) is 48.5 Å². The monoisotopic (exact) mass is 407 g/mol. The van der Waals surface area contributed by atoms with Crippen molar-refractivity contribution in [2.45, 2.75) is 25.8 Å². The Labute approximate surface area is 175 Å². The molecule has 0 aliphatic rings. The van der Waals surface area contributed by atoms with Crippen molar-refractivity contribution in [1.82, 2.24) is 15.3 Å². The number of nitrogens with zero attached hydrogens (tertiary/aromatic N) is 1. The third-order valence-corrected chi connectivity index (χ3v) is 4.71. The summed E-state index contributed by atoms with van der Waals surface area (Å²) in [6.45, 7) is 0.437. The molecule has 0 bridgehead atoms. The molecule has 0 fully saturated rings. The quantitative estimate of drug-likeness (QED) is 0.528. The van der Waals surface area contributed by atoms with Crippen molar-refractivity contribution in [3.8, 4) is 28.4 Å². The number of carbonyl (C=O) groups is 2. The average molecular weight is 407 g/mol. The van der Waals surface area contributed by atoms with Crippen LogP contribution in [0.5, 0.6) is 5.75 Å². The number of imidazole rings is 1. The number of esters is 1. The van der Waals surface area contributed by atoms with E-state index >= 15 is 0 Å². The van der Waals surface area contributed by atoms with Gasteiger partial charge in [0.1, 0.15) is 11.6 Å². The first-order chi connectivity index (χ1) is 14.6. The maximum atomic E-state index is 11.9. The van der Waals surface area contributed by atoms with E-state index in [2.05, 4.69) is 20.0 Å². The number of hydrogen-bond acceptors (Lipinski definition) is 5. The lowest BCUT2D eigenvalue weighted by atomic mass is 10.1. The summed E-state index contributed by atoms with van der Waals surface area (Å²) in [7, 11) is 2.98. The van der Waals surface area contributed by atoms with Crippen molar-refractivity contribution >= 4 is 11.9 Å². The Morgan fingerprint density at radius 2 is 1.67 bits per heavy atom. The Hall–Kier alpha value is -3.61. The zero-order valence-corrected chi connectivity index (χ0v) is 17.1. The predicted octanol–water partition coefficient (Wildman–Crippen LogP) is 3.71. The van der Waals surface area contributed by atoms with Gasteiger partial charge in [0.05, 0.1) is 26.1 Å². The number of benzene rings is 2. The van der Waals surface area contributed by atoms with E-state index in [9.17, 15) is 9.59 Å². The molecular formula is C23H25N3O4. The van der Waals surface area contributed by atoms with Crippen molar-refractivity contribution in [3.05, 3.63) is 60.3 Å². The molecule has 3 rings (SSSR count). The molecular weight excluding hydrogens is 382 g/mol. The Morgan fingerprint density at radius 1 is 0.967 bits per heavy atom. The molecule has 0 saturated heterocycles. The number of carbonyl (C=O) groups excluding carboxylic acids is 2. The van der Waals surface area contributed by atoms with Gasteiger partial charge in [-0.25, -0.2) is 4.98 Å². The summed E-state index contributed by atoms with van der Waals surface area (Å²) in [5.41, 5.74) is 3.90. The minimum Gasteiger partial charge on any atom is -0.497 e. The third kappa shape index (κ3) is 5.70. The maximum Gasteiger partial charge on any atom is 0.305 e. The fraction of sp³-hybridized carbons (Fsp3) is 0.261. The van der Waals surface area contributed by atoms with Gasteiger partial charge in [0.2, 0.25) is 5.91 Å². The lowest BCUT2D eigenvalue weighted by Crippen LogP contribution is -2.22. The minimum atomic E-state index is -0.300.